The second kappa shape index (κ2) is 7.62. The maximum Gasteiger partial charge on any atom is 0.272 e. The molecule has 1 aliphatic rings. The fraction of sp³-hybridized carbons (Fsp3) is 0.312. The van der Waals surface area contributed by atoms with Gasteiger partial charge in [-0.25, -0.2) is 21.6 Å². The van der Waals surface area contributed by atoms with Crippen LogP contribution >= 0.6 is 34.8 Å². The van der Waals surface area contributed by atoms with E-state index in [0.29, 0.717) is 5.39 Å². The summed E-state index contributed by atoms with van der Waals surface area (Å²) in [5.41, 5.74) is 0. The summed E-state index contributed by atoms with van der Waals surface area (Å²) >= 11 is 16.5. The number of amides is 1. The molecule has 0 aliphatic carbocycles. The lowest BCUT2D eigenvalue weighted by Crippen LogP contribution is -2.53. The molecule has 0 bridgehead atoms. The van der Waals surface area contributed by atoms with Gasteiger partial charge in [-0.05, 0) is 22.9 Å². The molecule has 0 saturated carbocycles. The Balaban J connectivity index is 1.86. The minimum absolute atomic E-state index is 0.0260. The third-order valence-electron chi connectivity index (χ3n) is 4.26. The molecular formula is C16H15Cl3N2O5S2. The van der Waals surface area contributed by atoms with Crippen LogP contribution in [0.4, 0.5) is 0 Å². The summed E-state index contributed by atoms with van der Waals surface area (Å²) in [5.74, 6) is -1.98. The summed E-state index contributed by atoms with van der Waals surface area (Å²) in [6, 6.07) is 9.59. The lowest BCUT2D eigenvalue weighted by atomic mass is 10.1. The van der Waals surface area contributed by atoms with E-state index in [-0.39, 0.29) is 4.90 Å². The molecule has 1 saturated heterocycles. The first kappa shape index (κ1) is 21.6. The Hall–Kier alpha value is -1.10. The van der Waals surface area contributed by atoms with Crippen molar-refractivity contribution in [3.63, 3.8) is 0 Å². The van der Waals surface area contributed by atoms with Crippen molar-refractivity contribution >= 4 is 71.3 Å². The smallest absolute Gasteiger partial charge is 0.272 e. The molecular weight excluding hydrogens is 471 g/mol. The average Bonchev–Trinajstić information content (AvgIpc) is 2.86. The molecule has 1 fully saturated rings. The number of halogens is 3. The maximum absolute atomic E-state index is 12.8. The quantitative estimate of drug-likeness (QED) is 0.642. The molecule has 0 spiro atoms. The van der Waals surface area contributed by atoms with Crippen molar-refractivity contribution in [1.29, 1.82) is 0 Å². The Morgan fingerprint density at radius 2 is 1.61 bits per heavy atom. The number of hydrogen-bond donors (Lipinski definition) is 2. The number of rotatable bonds is 4. The second-order valence-electron chi connectivity index (χ2n) is 6.39. The predicted octanol–water partition coefficient (Wildman–Crippen LogP) is 1.77. The second-order valence-corrected chi connectivity index (χ2v) is 12.5. The Morgan fingerprint density at radius 1 is 1.00 bits per heavy atom. The van der Waals surface area contributed by atoms with Gasteiger partial charge in [0.15, 0.2) is 9.84 Å². The third-order valence-corrected chi connectivity index (χ3v) is 8.00. The Morgan fingerprint density at radius 3 is 2.25 bits per heavy atom. The Bertz CT molecular complexity index is 1130. The highest BCUT2D eigenvalue weighted by atomic mass is 35.6. The van der Waals surface area contributed by atoms with Gasteiger partial charge in [0, 0.05) is 0 Å². The number of hydrogen-bond acceptors (Lipinski definition) is 5. The van der Waals surface area contributed by atoms with E-state index >= 15 is 0 Å². The summed E-state index contributed by atoms with van der Waals surface area (Å²) in [4.78, 5) is 11.9. The molecule has 2 N–H and O–H groups in total. The average molecular weight is 486 g/mol. The normalized spacial score (nSPS) is 22.2. The number of carbonyl (C=O) groups is 1. The van der Waals surface area contributed by atoms with E-state index in [1.807, 2.05) is 12.1 Å². The van der Waals surface area contributed by atoms with Crippen molar-refractivity contribution in [3.8, 4) is 0 Å². The SMILES string of the molecule is O=C(N[C@@H]1CS(=O)(=O)C[C@@H]1NS(=O)(=O)c1ccc2ccccc2c1)C(Cl)(Cl)Cl. The molecule has 1 aliphatic heterocycles. The van der Waals surface area contributed by atoms with Crippen LogP contribution in [0.5, 0.6) is 0 Å². The zero-order valence-electron chi connectivity index (χ0n) is 14.1. The lowest BCUT2D eigenvalue weighted by molar-refractivity contribution is -0.120. The van der Waals surface area contributed by atoms with Crippen molar-refractivity contribution in [3.05, 3.63) is 42.5 Å². The number of alkyl halides is 3. The van der Waals surface area contributed by atoms with Gasteiger partial charge in [-0.1, -0.05) is 65.1 Å². The number of sulfone groups is 1. The van der Waals surface area contributed by atoms with Gasteiger partial charge in [-0.15, -0.1) is 0 Å². The first-order valence-electron chi connectivity index (χ1n) is 7.97. The van der Waals surface area contributed by atoms with E-state index in [2.05, 4.69) is 10.0 Å². The van der Waals surface area contributed by atoms with Gasteiger partial charge in [0.2, 0.25) is 10.0 Å². The van der Waals surface area contributed by atoms with Crippen LogP contribution in [0.2, 0.25) is 0 Å². The first-order valence-corrected chi connectivity index (χ1v) is 12.4. The first-order chi connectivity index (χ1) is 12.9. The number of benzene rings is 2. The zero-order valence-corrected chi connectivity index (χ0v) is 18.0. The molecule has 7 nitrogen and oxygen atoms in total. The van der Waals surface area contributed by atoms with E-state index < -0.39 is 53.1 Å². The summed E-state index contributed by atoms with van der Waals surface area (Å²) in [7, 11) is -7.65. The fourth-order valence-electron chi connectivity index (χ4n) is 2.96. The molecule has 3 rings (SSSR count). The number of nitrogens with one attached hydrogen (secondary N) is 2. The lowest BCUT2D eigenvalue weighted by Gasteiger charge is -2.22. The standard InChI is InChI=1S/C16H15Cl3N2O5S2/c17-16(18,19)15(22)20-13-8-27(23,24)9-14(13)21-28(25,26)12-6-5-10-3-1-2-4-11(10)7-12/h1-7,13-14,21H,8-9H2,(H,20,22)/t13-,14+/m1/s1. The molecule has 2 atom stereocenters. The largest absolute Gasteiger partial charge is 0.347 e. The van der Waals surface area contributed by atoms with Gasteiger partial charge >= 0.3 is 0 Å². The van der Waals surface area contributed by atoms with E-state index in [1.54, 1.807) is 18.2 Å². The van der Waals surface area contributed by atoms with Gasteiger partial charge in [-0.3, -0.25) is 4.79 Å². The van der Waals surface area contributed by atoms with Crippen LogP contribution in [0.25, 0.3) is 10.8 Å². The van der Waals surface area contributed by atoms with Gasteiger partial charge in [0.25, 0.3) is 9.70 Å². The van der Waals surface area contributed by atoms with E-state index in [1.165, 1.54) is 12.1 Å². The summed E-state index contributed by atoms with van der Waals surface area (Å²) < 4.78 is 49.6. The highest BCUT2D eigenvalue weighted by Crippen LogP contribution is 2.27. The monoisotopic (exact) mass is 484 g/mol. The molecule has 12 heteroatoms. The molecule has 0 aromatic heterocycles. The van der Waals surface area contributed by atoms with Crippen molar-refractivity contribution < 1.29 is 21.6 Å². The highest BCUT2D eigenvalue weighted by Gasteiger charge is 2.43. The van der Waals surface area contributed by atoms with Gasteiger partial charge < -0.3 is 5.32 Å². The molecule has 28 heavy (non-hydrogen) atoms. The molecule has 152 valence electrons. The molecule has 0 unspecified atom stereocenters. The van der Waals surface area contributed by atoms with Crippen LogP contribution in [-0.4, -0.2) is 50.1 Å². The van der Waals surface area contributed by atoms with Crippen molar-refractivity contribution in [2.24, 2.45) is 0 Å². The van der Waals surface area contributed by atoms with Crippen molar-refractivity contribution in [1.82, 2.24) is 10.0 Å². The van der Waals surface area contributed by atoms with Crippen LogP contribution < -0.4 is 10.0 Å². The van der Waals surface area contributed by atoms with Gasteiger partial charge in [0.1, 0.15) is 0 Å². The van der Waals surface area contributed by atoms with Crippen LogP contribution in [0.15, 0.2) is 47.4 Å². The zero-order chi connectivity index (χ0) is 20.7. The predicted molar refractivity (Wildman–Crippen MR) is 109 cm³/mol. The molecule has 2 aromatic carbocycles. The Kier molecular flexibility index (Phi) is 5.88. The third kappa shape index (κ3) is 4.90. The van der Waals surface area contributed by atoms with Crippen LogP contribution in [0, 0.1) is 0 Å². The summed E-state index contributed by atoms with van der Waals surface area (Å²) in [5, 5.41) is 3.86. The van der Waals surface area contributed by atoms with E-state index in [4.69, 9.17) is 34.8 Å². The fourth-order valence-corrected chi connectivity index (χ4v) is 6.40. The summed E-state index contributed by atoms with van der Waals surface area (Å²) in [6.07, 6.45) is 0. The van der Waals surface area contributed by atoms with E-state index in [9.17, 15) is 21.6 Å². The van der Waals surface area contributed by atoms with Crippen LogP contribution in [0.1, 0.15) is 0 Å². The molecule has 1 heterocycles. The van der Waals surface area contributed by atoms with Gasteiger partial charge in [0.05, 0.1) is 28.5 Å². The number of sulfonamides is 1. The number of carbonyl (C=O) groups excluding carboxylic acids is 1. The van der Waals surface area contributed by atoms with Crippen LogP contribution in [0.3, 0.4) is 0 Å². The maximum atomic E-state index is 12.8. The highest BCUT2D eigenvalue weighted by molar-refractivity contribution is 7.92. The molecule has 1 amide bonds. The molecule has 0 radical (unpaired) electrons. The Labute approximate surface area is 177 Å². The summed E-state index contributed by atoms with van der Waals surface area (Å²) in [6.45, 7) is 0. The minimum Gasteiger partial charge on any atom is -0.347 e. The van der Waals surface area contributed by atoms with Crippen molar-refractivity contribution in [2.75, 3.05) is 11.5 Å². The minimum atomic E-state index is -4.05. The van der Waals surface area contributed by atoms with Gasteiger partial charge in [-0.2, -0.15) is 0 Å². The number of fused-ring (bicyclic) bond motifs is 1. The van der Waals surface area contributed by atoms with Crippen LogP contribution in [-0.2, 0) is 24.7 Å². The van der Waals surface area contributed by atoms with E-state index in [0.717, 1.165) is 5.39 Å². The molecule has 2 aromatic rings. The topological polar surface area (TPSA) is 109 Å². The van der Waals surface area contributed by atoms with Crippen molar-refractivity contribution in [2.45, 2.75) is 20.8 Å².